The smallest absolute Gasteiger partial charge is 0.340 e. The van der Waals surface area contributed by atoms with Gasteiger partial charge in [-0.15, -0.1) is 0 Å². The van der Waals surface area contributed by atoms with Crippen LogP contribution in [0.25, 0.3) is 0 Å². The van der Waals surface area contributed by atoms with E-state index < -0.39 is 5.97 Å². The fourth-order valence-electron chi connectivity index (χ4n) is 2.09. The number of amides is 1. The summed E-state index contributed by atoms with van der Waals surface area (Å²) in [4.78, 5) is 25.8. The van der Waals surface area contributed by atoms with Gasteiger partial charge in [0.15, 0.2) is 6.61 Å². The summed E-state index contributed by atoms with van der Waals surface area (Å²) >= 11 is 5.94. The first-order valence-electron chi connectivity index (χ1n) is 7.10. The number of rotatable bonds is 5. The highest BCUT2D eigenvalue weighted by atomic mass is 35.5. The molecule has 0 radical (unpaired) electrons. The van der Waals surface area contributed by atoms with E-state index in [0.717, 1.165) is 5.69 Å². The van der Waals surface area contributed by atoms with Gasteiger partial charge in [0.25, 0.3) is 5.91 Å². The van der Waals surface area contributed by atoms with Crippen molar-refractivity contribution in [3.63, 3.8) is 0 Å². The summed E-state index contributed by atoms with van der Waals surface area (Å²) in [6.07, 6.45) is 0. The number of ether oxygens (including phenoxy) is 1. The van der Waals surface area contributed by atoms with Crippen LogP contribution in [0, 0.1) is 0 Å². The summed E-state index contributed by atoms with van der Waals surface area (Å²) in [6, 6.07) is 13.7. The Morgan fingerprint density at radius 2 is 1.87 bits per heavy atom. The summed E-state index contributed by atoms with van der Waals surface area (Å²) < 4.78 is 5.06. The summed E-state index contributed by atoms with van der Waals surface area (Å²) in [5.74, 6) is -0.994. The molecule has 0 heterocycles. The SMILES string of the molecule is CCN(C(=O)COC(=O)c1cc(N)ccc1Cl)c1ccccc1. The van der Waals surface area contributed by atoms with E-state index in [2.05, 4.69) is 0 Å². The Morgan fingerprint density at radius 1 is 1.17 bits per heavy atom. The number of esters is 1. The molecular weight excluding hydrogens is 316 g/mol. The number of nitrogen functional groups attached to an aromatic ring is 1. The lowest BCUT2D eigenvalue weighted by atomic mass is 10.2. The van der Waals surface area contributed by atoms with Crippen LogP contribution in [0.15, 0.2) is 48.5 Å². The second-order valence-electron chi connectivity index (χ2n) is 4.79. The van der Waals surface area contributed by atoms with Crippen molar-refractivity contribution in [3.8, 4) is 0 Å². The van der Waals surface area contributed by atoms with Gasteiger partial charge in [-0.05, 0) is 37.3 Å². The van der Waals surface area contributed by atoms with E-state index in [4.69, 9.17) is 22.1 Å². The van der Waals surface area contributed by atoms with Crippen molar-refractivity contribution in [2.75, 3.05) is 23.8 Å². The Morgan fingerprint density at radius 3 is 2.52 bits per heavy atom. The highest BCUT2D eigenvalue weighted by Crippen LogP contribution is 2.20. The van der Waals surface area contributed by atoms with E-state index in [9.17, 15) is 9.59 Å². The molecule has 0 bridgehead atoms. The predicted octanol–water partition coefficient (Wildman–Crippen LogP) is 3.13. The van der Waals surface area contributed by atoms with Gasteiger partial charge in [-0.3, -0.25) is 4.79 Å². The Bertz CT molecular complexity index is 704. The zero-order valence-corrected chi connectivity index (χ0v) is 13.4. The van der Waals surface area contributed by atoms with E-state index in [1.54, 1.807) is 6.07 Å². The average Bonchev–Trinajstić information content (AvgIpc) is 2.56. The molecule has 2 aromatic rings. The lowest BCUT2D eigenvalue weighted by molar-refractivity contribution is -0.121. The normalized spacial score (nSPS) is 10.2. The van der Waals surface area contributed by atoms with Crippen LogP contribution >= 0.6 is 11.6 Å². The molecule has 5 nitrogen and oxygen atoms in total. The molecule has 0 saturated carbocycles. The highest BCUT2D eigenvalue weighted by molar-refractivity contribution is 6.33. The first kappa shape index (κ1) is 16.8. The van der Waals surface area contributed by atoms with Crippen LogP contribution in [-0.2, 0) is 9.53 Å². The third kappa shape index (κ3) is 4.23. The van der Waals surface area contributed by atoms with Crippen LogP contribution in [0.5, 0.6) is 0 Å². The monoisotopic (exact) mass is 332 g/mol. The second kappa shape index (κ2) is 7.65. The van der Waals surface area contributed by atoms with E-state index in [-0.39, 0.29) is 23.1 Å². The van der Waals surface area contributed by atoms with E-state index in [1.165, 1.54) is 17.0 Å². The fraction of sp³-hybridized carbons (Fsp3) is 0.176. The molecule has 0 unspecified atom stereocenters. The van der Waals surface area contributed by atoms with Crippen molar-refractivity contribution in [3.05, 3.63) is 59.1 Å². The highest BCUT2D eigenvalue weighted by Gasteiger charge is 2.18. The minimum absolute atomic E-state index is 0.141. The van der Waals surface area contributed by atoms with Crippen LogP contribution in [0.2, 0.25) is 5.02 Å². The fourth-order valence-corrected chi connectivity index (χ4v) is 2.29. The molecule has 0 saturated heterocycles. The molecule has 23 heavy (non-hydrogen) atoms. The Labute approximate surface area is 139 Å². The molecule has 0 aromatic heterocycles. The molecule has 120 valence electrons. The second-order valence-corrected chi connectivity index (χ2v) is 5.20. The Hall–Kier alpha value is -2.53. The number of halogens is 1. The van der Waals surface area contributed by atoms with Gasteiger partial charge in [0.1, 0.15) is 0 Å². The van der Waals surface area contributed by atoms with Crippen molar-refractivity contribution in [2.24, 2.45) is 0 Å². The van der Waals surface area contributed by atoms with Gasteiger partial charge in [-0.1, -0.05) is 29.8 Å². The first-order valence-corrected chi connectivity index (χ1v) is 7.48. The maximum Gasteiger partial charge on any atom is 0.340 e. The maximum atomic E-state index is 12.3. The van der Waals surface area contributed by atoms with Crippen molar-refractivity contribution in [2.45, 2.75) is 6.92 Å². The van der Waals surface area contributed by atoms with Gasteiger partial charge in [0, 0.05) is 17.9 Å². The number of carbonyl (C=O) groups excluding carboxylic acids is 2. The van der Waals surface area contributed by atoms with Gasteiger partial charge in [0.05, 0.1) is 10.6 Å². The van der Waals surface area contributed by atoms with Crippen LogP contribution < -0.4 is 10.6 Å². The van der Waals surface area contributed by atoms with E-state index >= 15 is 0 Å². The summed E-state index contributed by atoms with van der Waals surface area (Å²) in [6.45, 7) is 1.95. The molecule has 1 amide bonds. The number of likely N-dealkylation sites (N-methyl/N-ethyl adjacent to an activating group) is 1. The topological polar surface area (TPSA) is 72.6 Å². The Balaban J connectivity index is 2.03. The number of para-hydroxylation sites is 1. The molecule has 2 rings (SSSR count). The molecule has 0 aliphatic heterocycles. The van der Waals surface area contributed by atoms with Crippen molar-refractivity contribution in [1.29, 1.82) is 0 Å². The standard InChI is InChI=1S/C17H17ClN2O3/c1-2-20(13-6-4-3-5-7-13)16(21)11-23-17(22)14-10-12(19)8-9-15(14)18/h3-10H,2,11,19H2,1H3. The molecule has 0 aliphatic carbocycles. The largest absolute Gasteiger partial charge is 0.452 e. The van der Waals surface area contributed by atoms with Gasteiger partial charge in [-0.2, -0.15) is 0 Å². The maximum absolute atomic E-state index is 12.3. The van der Waals surface area contributed by atoms with Crippen LogP contribution in [0.1, 0.15) is 17.3 Å². The summed E-state index contributed by atoms with van der Waals surface area (Å²) in [5.41, 5.74) is 6.91. The number of benzene rings is 2. The Kier molecular flexibility index (Phi) is 5.60. The lowest BCUT2D eigenvalue weighted by Gasteiger charge is -2.20. The average molecular weight is 333 g/mol. The molecule has 2 N–H and O–H groups in total. The third-order valence-corrected chi connectivity index (χ3v) is 3.55. The van der Waals surface area contributed by atoms with Crippen molar-refractivity contribution < 1.29 is 14.3 Å². The molecule has 2 aromatic carbocycles. The lowest BCUT2D eigenvalue weighted by Crippen LogP contribution is -2.34. The minimum atomic E-state index is -0.681. The predicted molar refractivity (Wildman–Crippen MR) is 90.6 cm³/mol. The summed E-state index contributed by atoms with van der Waals surface area (Å²) in [5, 5.41) is 0.229. The quantitative estimate of drug-likeness (QED) is 0.674. The third-order valence-electron chi connectivity index (χ3n) is 3.22. The van der Waals surface area contributed by atoms with Crippen LogP contribution in [0.4, 0.5) is 11.4 Å². The van der Waals surface area contributed by atoms with Crippen LogP contribution in [-0.4, -0.2) is 25.0 Å². The molecule has 0 aliphatic rings. The molecule has 0 spiro atoms. The van der Waals surface area contributed by atoms with Crippen molar-refractivity contribution in [1.82, 2.24) is 0 Å². The number of hydrogen-bond donors (Lipinski definition) is 1. The molecule has 0 atom stereocenters. The number of carbonyl (C=O) groups is 2. The number of nitrogens with zero attached hydrogens (tertiary/aromatic N) is 1. The van der Waals surface area contributed by atoms with Gasteiger partial charge < -0.3 is 15.4 Å². The van der Waals surface area contributed by atoms with Gasteiger partial charge >= 0.3 is 5.97 Å². The van der Waals surface area contributed by atoms with Crippen LogP contribution in [0.3, 0.4) is 0 Å². The summed E-state index contributed by atoms with van der Waals surface area (Å²) in [7, 11) is 0. The van der Waals surface area contributed by atoms with Gasteiger partial charge in [0.2, 0.25) is 0 Å². The first-order chi connectivity index (χ1) is 11.0. The zero-order valence-electron chi connectivity index (χ0n) is 12.7. The number of nitrogens with two attached hydrogens (primary N) is 1. The van der Waals surface area contributed by atoms with E-state index in [0.29, 0.717) is 12.2 Å². The van der Waals surface area contributed by atoms with E-state index in [1.807, 2.05) is 37.3 Å². The van der Waals surface area contributed by atoms with Crippen molar-refractivity contribution >= 4 is 34.9 Å². The minimum Gasteiger partial charge on any atom is -0.452 e. The number of hydrogen-bond acceptors (Lipinski definition) is 4. The van der Waals surface area contributed by atoms with Gasteiger partial charge in [-0.25, -0.2) is 4.79 Å². The molecular formula is C17H17ClN2O3. The molecule has 6 heteroatoms. The zero-order chi connectivity index (χ0) is 16.8. The molecule has 0 fully saturated rings. The number of anilines is 2.